The van der Waals surface area contributed by atoms with Gasteiger partial charge >= 0.3 is 0 Å². The molecular weight excluding hydrogens is 396 g/mol. The molecule has 0 bridgehead atoms. The van der Waals surface area contributed by atoms with Gasteiger partial charge in [-0.3, -0.25) is 9.69 Å². The molecule has 0 saturated carbocycles. The zero-order chi connectivity index (χ0) is 18.9. The lowest BCUT2D eigenvalue weighted by Gasteiger charge is -2.20. The monoisotopic (exact) mass is 420 g/mol. The number of carbonyl (C=O) groups is 1. The standard InChI is InChI=1S/C20H25BrN2O3/c1-15(18-6-4-5-7-19(18)25-3)22-20(24)14-23(2)12-13-26-17-10-8-16(21)9-11-17/h4-11,15H,12-14H2,1-3H3,(H,22,24). The van der Waals surface area contributed by atoms with Crippen molar-refractivity contribution in [3.8, 4) is 11.5 Å². The van der Waals surface area contributed by atoms with Crippen molar-refractivity contribution in [3.63, 3.8) is 0 Å². The van der Waals surface area contributed by atoms with Crippen molar-refractivity contribution in [2.45, 2.75) is 13.0 Å². The Bertz CT molecular complexity index is 706. The van der Waals surface area contributed by atoms with E-state index in [9.17, 15) is 4.79 Å². The van der Waals surface area contributed by atoms with Crippen LogP contribution in [0.15, 0.2) is 53.0 Å². The van der Waals surface area contributed by atoms with E-state index in [0.29, 0.717) is 19.7 Å². The Balaban J connectivity index is 1.75. The topological polar surface area (TPSA) is 50.8 Å². The van der Waals surface area contributed by atoms with Crippen molar-refractivity contribution in [3.05, 3.63) is 58.6 Å². The van der Waals surface area contributed by atoms with Crippen LogP contribution in [0, 0.1) is 0 Å². The van der Waals surface area contributed by atoms with Gasteiger partial charge in [0.15, 0.2) is 0 Å². The minimum Gasteiger partial charge on any atom is -0.496 e. The molecule has 1 amide bonds. The molecule has 0 fully saturated rings. The summed E-state index contributed by atoms with van der Waals surface area (Å²) < 4.78 is 12.1. The second-order valence-electron chi connectivity index (χ2n) is 6.07. The molecule has 6 heteroatoms. The molecule has 0 aliphatic heterocycles. The summed E-state index contributed by atoms with van der Waals surface area (Å²) in [6.07, 6.45) is 0. The van der Waals surface area contributed by atoms with Crippen LogP contribution >= 0.6 is 15.9 Å². The minimum absolute atomic E-state index is 0.0328. The SMILES string of the molecule is COc1ccccc1C(C)NC(=O)CN(C)CCOc1ccc(Br)cc1. The number of halogens is 1. The number of methoxy groups -OCH3 is 1. The summed E-state index contributed by atoms with van der Waals surface area (Å²) in [5.41, 5.74) is 0.963. The summed E-state index contributed by atoms with van der Waals surface area (Å²) in [5.74, 6) is 1.56. The summed E-state index contributed by atoms with van der Waals surface area (Å²) >= 11 is 3.39. The van der Waals surface area contributed by atoms with Crippen LogP contribution in [0.2, 0.25) is 0 Å². The second-order valence-corrected chi connectivity index (χ2v) is 6.99. The molecule has 0 spiro atoms. The molecule has 0 saturated heterocycles. The predicted octanol–water partition coefficient (Wildman–Crippen LogP) is 3.65. The molecule has 0 heterocycles. The molecule has 140 valence electrons. The number of ether oxygens (including phenoxy) is 2. The van der Waals surface area contributed by atoms with Gasteiger partial charge in [0.05, 0.1) is 19.7 Å². The fourth-order valence-electron chi connectivity index (χ4n) is 2.56. The predicted molar refractivity (Wildman–Crippen MR) is 107 cm³/mol. The second kappa shape index (κ2) is 10.2. The lowest BCUT2D eigenvalue weighted by Crippen LogP contribution is -2.38. The highest BCUT2D eigenvalue weighted by Crippen LogP contribution is 2.24. The lowest BCUT2D eigenvalue weighted by molar-refractivity contribution is -0.122. The molecule has 0 aliphatic carbocycles. The average Bonchev–Trinajstić information content (AvgIpc) is 2.63. The maximum atomic E-state index is 12.3. The third-order valence-electron chi connectivity index (χ3n) is 3.95. The summed E-state index contributed by atoms with van der Waals surface area (Å²) in [5, 5.41) is 3.01. The highest BCUT2D eigenvalue weighted by Gasteiger charge is 2.14. The van der Waals surface area contributed by atoms with Gasteiger partial charge in [-0.25, -0.2) is 0 Å². The number of hydrogen-bond donors (Lipinski definition) is 1. The molecule has 1 atom stereocenters. The summed E-state index contributed by atoms with van der Waals surface area (Å²) in [7, 11) is 3.53. The number of likely N-dealkylation sites (N-methyl/N-ethyl adjacent to an activating group) is 1. The number of para-hydroxylation sites is 1. The molecular formula is C20H25BrN2O3. The molecule has 5 nitrogen and oxygen atoms in total. The zero-order valence-corrected chi connectivity index (χ0v) is 17.0. The van der Waals surface area contributed by atoms with Crippen LogP contribution < -0.4 is 14.8 Å². The number of hydrogen-bond acceptors (Lipinski definition) is 4. The van der Waals surface area contributed by atoms with Crippen molar-refractivity contribution >= 4 is 21.8 Å². The minimum atomic E-state index is -0.119. The van der Waals surface area contributed by atoms with E-state index >= 15 is 0 Å². The molecule has 2 aromatic carbocycles. The van der Waals surface area contributed by atoms with E-state index in [-0.39, 0.29) is 11.9 Å². The molecule has 0 aliphatic rings. The van der Waals surface area contributed by atoms with Crippen LogP contribution in [0.5, 0.6) is 11.5 Å². The van der Waals surface area contributed by atoms with Gasteiger partial charge in [-0.1, -0.05) is 34.1 Å². The van der Waals surface area contributed by atoms with Crippen LogP contribution in [-0.4, -0.2) is 44.7 Å². The Morgan fingerprint density at radius 1 is 1.19 bits per heavy atom. The maximum Gasteiger partial charge on any atom is 0.234 e. The maximum absolute atomic E-state index is 12.3. The fraction of sp³-hybridized carbons (Fsp3) is 0.350. The number of nitrogens with one attached hydrogen (secondary N) is 1. The molecule has 0 radical (unpaired) electrons. The van der Waals surface area contributed by atoms with Crippen molar-refractivity contribution in [2.75, 3.05) is 33.9 Å². The largest absolute Gasteiger partial charge is 0.496 e. The number of rotatable bonds is 9. The van der Waals surface area contributed by atoms with Gasteiger partial charge in [-0.05, 0) is 44.3 Å². The van der Waals surface area contributed by atoms with Crippen LogP contribution in [0.3, 0.4) is 0 Å². The van der Waals surface area contributed by atoms with E-state index in [0.717, 1.165) is 21.5 Å². The molecule has 1 unspecified atom stereocenters. The third-order valence-corrected chi connectivity index (χ3v) is 4.48. The van der Waals surface area contributed by atoms with Crippen LogP contribution in [0.25, 0.3) is 0 Å². The van der Waals surface area contributed by atoms with Crippen molar-refractivity contribution < 1.29 is 14.3 Å². The Hall–Kier alpha value is -2.05. The first-order valence-corrected chi connectivity index (χ1v) is 9.28. The number of benzene rings is 2. The Kier molecular flexibility index (Phi) is 7.94. The molecule has 26 heavy (non-hydrogen) atoms. The van der Waals surface area contributed by atoms with Crippen molar-refractivity contribution in [1.82, 2.24) is 10.2 Å². The molecule has 1 N–H and O–H groups in total. The molecule has 0 aromatic heterocycles. The van der Waals surface area contributed by atoms with E-state index in [1.807, 2.05) is 67.4 Å². The number of nitrogens with zero attached hydrogens (tertiary/aromatic N) is 1. The van der Waals surface area contributed by atoms with Crippen LogP contribution in [0.4, 0.5) is 0 Å². The fourth-order valence-corrected chi connectivity index (χ4v) is 2.83. The Labute approximate surface area is 163 Å². The van der Waals surface area contributed by atoms with Gasteiger partial charge < -0.3 is 14.8 Å². The van der Waals surface area contributed by atoms with Gasteiger partial charge in [0, 0.05) is 16.6 Å². The van der Waals surface area contributed by atoms with Crippen LogP contribution in [-0.2, 0) is 4.79 Å². The highest BCUT2D eigenvalue weighted by molar-refractivity contribution is 9.10. The van der Waals surface area contributed by atoms with Crippen molar-refractivity contribution in [1.29, 1.82) is 0 Å². The molecule has 2 rings (SSSR count). The van der Waals surface area contributed by atoms with Gasteiger partial charge in [-0.15, -0.1) is 0 Å². The quantitative estimate of drug-likeness (QED) is 0.672. The first-order chi connectivity index (χ1) is 12.5. The number of carbonyl (C=O) groups excluding carboxylic acids is 1. The first kappa shape index (κ1) is 20.3. The van der Waals surface area contributed by atoms with Crippen molar-refractivity contribution in [2.24, 2.45) is 0 Å². The van der Waals surface area contributed by atoms with Gasteiger partial charge in [0.2, 0.25) is 5.91 Å². The van der Waals surface area contributed by atoms with E-state index in [4.69, 9.17) is 9.47 Å². The average molecular weight is 421 g/mol. The van der Waals surface area contributed by atoms with Gasteiger partial charge in [0.25, 0.3) is 0 Å². The molecule has 2 aromatic rings. The van der Waals surface area contributed by atoms with Crippen LogP contribution in [0.1, 0.15) is 18.5 Å². The summed E-state index contributed by atoms with van der Waals surface area (Å²) in [6, 6.07) is 15.3. The van der Waals surface area contributed by atoms with E-state index < -0.39 is 0 Å². The first-order valence-electron chi connectivity index (χ1n) is 8.48. The number of amides is 1. The smallest absolute Gasteiger partial charge is 0.234 e. The summed E-state index contributed by atoms with van der Waals surface area (Å²) in [6.45, 7) is 3.44. The van der Waals surface area contributed by atoms with Gasteiger partial charge in [-0.2, -0.15) is 0 Å². The third kappa shape index (κ3) is 6.35. The van der Waals surface area contributed by atoms with Gasteiger partial charge in [0.1, 0.15) is 18.1 Å². The lowest BCUT2D eigenvalue weighted by atomic mass is 10.1. The Morgan fingerprint density at radius 3 is 2.58 bits per heavy atom. The van der Waals surface area contributed by atoms with E-state index in [2.05, 4.69) is 21.2 Å². The normalized spacial score (nSPS) is 11.9. The Morgan fingerprint density at radius 2 is 1.88 bits per heavy atom. The van der Waals surface area contributed by atoms with E-state index in [1.165, 1.54) is 0 Å². The summed E-state index contributed by atoms with van der Waals surface area (Å²) in [4.78, 5) is 14.2. The highest BCUT2D eigenvalue weighted by atomic mass is 79.9. The zero-order valence-electron chi connectivity index (χ0n) is 15.4. The van der Waals surface area contributed by atoms with E-state index in [1.54, 1.807) is 7.11 Å².